The second-order valence-electron chi connectivity index (χ2n) is 5.85. The van der Waals surface area contributed by atoms with Gasteiger partial charge in [0, 0.05) is 24.0 Å². The molecule has 1 aliphatic carbocycles. The zero-order chi connectivity index (χ0) is 15.4. The summed E-state index contributed by atoms with van der Waals surface area (Å²) >= 11 is 0. The molecule has 21 heavy (non-hydrogen) atoms. The molecule has 0 spiro atoms. The Morgan fingerprint density at radius 3 is 2.57 bits per heavy atom. The summed E-state index contributed by atoms with van der Waals surface area (Å²) in [6, 6.07) is 2.42. The predicted molar refractivity (Wildman–Crippen MR) is 80.6 cm³/mol. The van der Waals surface area contributed by atoms with Gasteiger partial charge in [-0.3, -0.25) is 9.59 Å². The summed E-state index contributed by atoms with van der Waals surface area (Å²) < 4.78 is 2.28. The fraction of sp³-hybridized carbons (Fsp3) is 0.625. The van der Waals surface area contributed by atoms with Crippen molar-refractivity contribution in [3.8, 4) is 0 Å². The van der Waals surface area contributed by atoms with Gasteiger partial charge in [-0.05, 0) is 32.8 Å². The molecular formula is C16H24N2O3. The zero-order valence-electron chi connectivity index (χ0n) is 12.8. The van der Waals surface area contributed by atoms with Crippen LogP contribution in [0.3, 0.4) is 0 Å². The maximum Gasteiger partial charge on any atom is 0.305 e. The van der Waals surface area contributed by atoms with E-state index in [1.165, 1.54) is 32.1 Å². The lowest BCUT2D eigenvalue weighted by Crippen LogP contribution is -2.26. The van der Waals surface area contributed by atoms with E-state index in [9.17, 15) is 9.59 Å². The summed E-state index contributed by atoms with van der Waals surface area (Å²) in [5, 5.41) is 11.3. The van der Waals surface area contributed by atoms with E-state index in [1.54, 1.807) is 0 Å². The normalized spacial score (nSPS) is 15.9. The summed E-state index contributed by atoms with van der Waals surface area (Å²) in [7, 11) is 0. The number of aromatic nitrogens is 1. The number of carbonyl (C=O) groups is 2. The van der Waals surface area contributed by atoms with Crippen molar-refractivity contribution in [2.75, 3.05) is 6.54 Å². The molecule has 116 valence electrons. The van der Waals surface area contributed by atoms with Crippen LogP contribution in [0, 0.1) is 13.8 Å². The molecule has 2 N–H and O–H groups in total. The fourth-order valence-electron chi connectivity index (χ4n) is 3.29. The lowest BCUT2D eigenvalue weighted by Gasteiger charge is -2.26. The molecule has 0 aromatic carbocycles. The van der Waals surface area contributed by atoms with Crippen LogP contribution in [0.15, 0.2) is 6.07 Å². The van der Waals surface area contributed by atoms with Crippen molar-refractivity contribution >= 4 is 11.9 Å². The molecule has 0 bridgehead atoms. The highest BCUT2D eigenvalue weighted by molar-refractivity contribution is 5.95. The van der Waals surface area contributed by atoms with E-state index in [2.05, 4.69) is 9.88 Å². The van der Waals surface area contributed by atoms with Crippen LogP contribution in [0.4, 0.5) is 0 Å². The molecule has 0 saturated heterocycles. The van der Waals surface area contributed by atoms with Crippen molar-refractivity contribution in [2.45, 2.75) is 58.4 Å². The lowest BCUT2D eigenvalue weighted by atomic mass is 9.95. The monoisotopic (exact) mass is 292 g/mol. The Bertz CT molecular complexity index is 528. The standard InChI is InChI=1S/C16H24N2O3/c1-11-10-14(16(21)17-9-8-15(19)20)12(2)18(11)13-6-4-3-5-7-13/h10,13H,3-9H2,1-2H3,(H,17,21)(H,19,20). The Kier molecular flexibility index (Phi) is 5.04. The maximum absolute atomic E-state index is 12.2. The van der Waals surface area contributed by atoms with Crippen molar-refractivity contribution in [2.24, 2.45) is 0 Å². The van der Waals surface area contributed by atoms with Crippen molar-refractivity contribution in [3.63, 3.8) is 0 Å². The molecule has 1 aromatic rings. The lowest BCUT2D eigenvalue weighted by molar-refractivity contribution is -0.136. The van der Waals surface area contributed by atoms with Gasteiger partial charge in [-0.15, -0.1) is 0 Å². The molecule has 1 aromatic heterocycles. The Labute approximate surface area is 125 Å². The van der Waals surface area contributed by atoms with E-state index < -0.39 is 5.97 Å². The number of nitrogens with one attached hydrogen (secondary N) is 1. The van der Waals surface area contributed by atoms with Crippen LogP contribution in [-0.2, 0) is 4.79 Å². The molecule has 1 fully saturated rings. The SMILES string of the molecule is Cc1cc(C(=O)NCCC(=O)O)c(C)n1C1CCCCC1. The molecule has 5 heteroatoms. The molecule has 1 aliphatic rings. The first-order chi connectivity index (χ1) is 10.0. The predicted octanol–water partition coefficient (Wildman–Crippen LogP) is 2.81. The number of carbonyl (C=O) groups excluding carboxylic acids is 1. The molecule has 0 aliphatic heterocycles. The number of rotatable bonds is 5. The summed E-state index contributed by atoms with van der Waals surface area (Å²) in [5.74, 6) is -1.07. The van der Waals surface area contributed by atoms with E-state index in [1.807, 2.05) is 19.9 Å². The molecule has 0 atom stereocenters. The van der Waals surface area contributed by atoms with Crippen LogP contribution >= 0.6 is 0 Å². The number of hydrogen-bond acceptors (Lipinski definition) is 2. The number of carboxylic acids is 1. The fourth-order valence-corrected chi connectivity index (χ4v) is 3.29. The van der Waals surface area contributed by atoms with E-state index >= 15 is 0 Å². The van der Waals surface area contributed by atoms with Gasteiger partial charge in [-0.2, -0.15) is 0 Å². The minimum atomic E-state index is -0.900. The molecule has 1 amide bonds. The minimum absolute atomic E-state index is 0.0485. The molecular weight excluding hydrogens is 268 g/mol. The number of aryl methyl sites for hydroxylation is 1. The van der Waals surface area contributed by atoms with Crippen molar-refractivity contribution < 1.29 is 14.7 Å². The topological polar surface area (TPSA) is 71.3 Å². The number of amides is 1. The van der Waals surface area contributed by atoms with Gasteiger partial charge < -0.3 is 15.0 Å². The molecule has 0 radical (unpaired) electrons. The van der Waals surface area contributed by atoms with Crippen molar-refractivity contribution in [3.05, 3.63) is 23.0 Å². The largest absolute Gasteiger partial charge is 0.481 e. The second kappa shape index (κ2) is 6.78. The molecule has 5 nitrogen and oxygen atoms in total. The second-order valence-corrected chi connectivity index (χ2v) is 5.85. The number of carboxylic acid groups (broad SMARTS) is 1. The summed E-state index contributed by atoms with van der Waals surface area (Å²) in [5.41, 5.74) is 2.78. The third-order valence-electron chi connectivity index (χ3n) is 4.29. The Morgan fingerprint density at radius 1 is 1.29 bits per heavy atom. The van der Waals surface area contributed by atoms with Crippen LogP contribution in [0.5, 0.6) is 0 Å². The van der Waals surface area contributed by atoms with E-state index in [4.69, 9.17) is 5.11 Å². The quantitative estimate of drug-likeness (QED) is 0.876. The van der Waals surface area contributed by atoms with Gasteiger partial charge in [-0.25, -0.2) is 0 Å². The van der Waals surface area contributed by atoms with Crippen LogP contribution in [0.2, 0.25) is 0 Å². The van der Waals surface area contributed by atoms with Crippen molar-refractivity contribution in [1.82, 2.24) is 9.88 Å². The summed E-state index contributed by atoms with van der Waals surface area (Å²) in [4.78, 5) is 22.7. The molecule has 0 unspecified atom stereocenters. The Morgan fingerprint density at radius 2 is 1.95 bits per heavy atom. The van der Waals surface area contributed by atoms with Gasteiger partial charge in [0.1, 0.15) is 0 Å². The first kappa shape index (κ1) is 15.6. The van der Waals surface area contributed by atoms with Crippen molar-refractivity contribution in [1.29, 1.82) is 0 Å². The van der Waals surface area contributed by atoms with Gasteiger partial charge in [0.15, 0.2) is 0 Å². The van der Waals surface area contributed by atoms with Gasteiger partial charge in [0.2, 0.25) is 0 Å². The average molecular weight is 292 g/mol. The van der Waals surface area contributed by atoms with E-state index in [0.717, 1.165) is 11.4 Å². The number of hydrogen-bond donors (Lipinski definition) is 2. The van der Waals surface area contributed by atoms with Gasteiger partial charge in [0.25, 0.3) is 5.91 Å². The third-order valence-corrected chi connectivity index (χ3v) is 4.29. The average Bonchev–Trinajstić information content (AvgIpc) is 2.74. The highest BCUT2D eigenvalue weighted by Crippen LogP contribution is 2.32. The van der Waals surface area contributed by atoms with Crippen LogP contribution in [0.1, 0.15) is 66.3 Å². The summed E-state index contributed by atoms with van der Waals surface area (Å²) in [6.45, 7) is 4.19. The Balaban J connectivity index is 2.10. The highest BCUT2D eigenvalue weighted by Gasteiger charge is 2.22. The first-order valence-corrected chi connectivity index (χ1v) is 7.69. The zero-order valence-corrected chi connectivity index (χ0v) is 12.8. The molecule has 1 saturated carbocycles. The number of aliphatic carboxylic acids is 1. The van der Waals surface area contributed by atoms with E-state index in [0.29, 0.717) is 11.6 Å². The summed E-state index contributed by atoms with van der Waals surface area (Å²) in [6.07, 6.45) is 6.11. The third kappa shape index (κ3) is 3.65. The first-order valence-electron chi connectivity index (χ1n) is 7.69. The highest BCUT2D eigenvalue weighted by atomic mass is 16.4. The Hall–Kier alpha value is -1.78. The molecule has 2 rings (SSSR count). The maximum atomic E-state index is 12.2. The van der Waals surface area contributed by atoms with Crippen LogP contribution < -0.4 is 5.32 Å². The van der Waals surface area contributed by atoms with Gasteiger partial charge in [0.05, 0.1) is 12.0 Å². The van der Waals surface area contributed by atoms with E-state index in [-0.39, 0.29) is 18.9 Å². The van der Waals surface area contributed by atoms with Gasteiger partial charge in [-0.1, -0.05) is 19.3 Å². The van der Waals surface area contributed by atoms with Crippen LogP contribution in [0.25, 0.3) is 0 Å². The minimum Gasteiger partial charge on any atom is -0.481 e. The smallest absolute Gasteiger partial charge is 0.305 e. The van der Waals surface area contributed by atoms with Crippen LogP contribution in [-0.4, -0.2) is 28.1 Å². The van der Waals surface area contributed by atoms with Gasteiger partial charge >= 0.3 is 5.97 Å². The number of nitrogens with zero attached hydrogens (tertiary/aromatic N) is 1. The molecule has 1 heterocycles.